The minimum Gasteiger partial charge on any atom is -0.437 e. The molecule has 2 aliphatic heterocycles. The molecule has 248 valence electrons. The molecule has 2 aromatic rings. The van der Waals surface area contributed by atoms with Gasteiger partial charge in [0.1, 0.15) is 11.6 Å². The topological polar surface area (TPSA) is 95.4 Å². The van der Waals surface area contributed by atoms with E-state index in [2.05, 4.69) is 31.3 Å². The number of ether oxygens (including phenoxy) is 2. The largest absolute Gasteiger partial charge is 2.00 e. The maximum absolute atomic E-state index is 13.4. The summed E-state index contributed by atoms with van der Waals surface area (Å²) in [5.74, 6) is 0.268. The van der Waals surface area contributed by atoms with E-state index >= 15 is 0 Å². The van der Waals surface area contributed by atoms with Gasteiger partial charge in [-0.05, 0) is 74.1 Å². The molecule has 0 bridgehead atoms. The minimum atomic E-state index is -0.338. The van der Waals surface area contributed by atoms with Gasteiger partial charge >= 0.3 is 37.7 Å². The molecule has 4 rings (SSSR count). The van der Waals surface area contributed by atoms with Crippen molar-refractivity contribution in [1.29, 1.82) is 0 Å². The fraction of sp³-hybridized carbons (Fsp3) is 0.588. The number of aliphatic imine (C=N–C) groups is 2. The van der Waals surface area contributed by atoms with Gasteiger partial charge in [0.2, 0.25) is 0 Å². The number of hydrogen-bond acceptors (Lipinski definition) is 4. The van der Waals surface area contributed by atoms with Gasteiger partial charge in [0.05, 0.1) is 0 Å². The Morgan fingerprint density at radius 2 is 0.911 bits per heavy atom. The van der Waals surface area contributed by atoms with Crippen molar-refractivity contribution in [3.8, 4) is 0 Å². The Bertz CT molecular complexity index is 991. The van der Waals surface area contributed by atoms with Crippen LogP contribution in [-0.4, -0.2) is 100 Å². The van der Waals surface area contributed by atoms with E-state index in [-0.39, 0.29) is 73.5 Å². The van der Waals surface area contributed by atoms with Crippen molar-refractivity contribution in [2.75, 3.05) is 26.4 Å². The number of guanidine groups is 2. The van der Waals surface area contributed by atoms with Gasteiger partial charge in [-0.1, -0.05) is 79.7 Å². The van der Waals surface area contributed by atoms with Crippen molar-refractivity contribution in [3.63, 3.8) is 0 Å². The van der Waals surface area contributed by atoms with E-state index in [9.17, 15) is 8.78 Å². The Morgan fingerprint density at radius 3 is 1.13 bits per heavy atom. The van der Waals surface area contributed by atoms with E-state index in [4.69, 9.17) is 9.47 Å². The molecule has 11 heteroatoms. The van der Waals surface area contributed by atoms with Gasteiger partial charge in [0.15, 0.2) is 0 Å². The van der Waals surface area contributed by atoms with E-state index in [1.165, 1.54) is 37.8 Å². The quantitative estimate of drug-likeness (QED) is 0.185. The smallest absolute Gasteiger partial charge is 0.437 e. The second-order valence-electron chi connectivity index (χ2n) is 11.5. The zero-order chi connectivity index (χ0) is 32.7. The molecule has 2 saturated heterocycles. The SMILES string of the molecule is C1CCOC1.C1CCOC1.CC(C)N=C([N-]c1ccccc1F)NC(C)C.CC(C)N=C([N-]c1ccccc1F)NC(C)C.[Ca+2]. The van der Waals surface area contributed by atoms with E-state index in [1.54, 1.807) is 36.4 Å². The van der Waals surface area contributed by atoms with Crippen LogP contribution in [0, 0.1) is 11.6 Å². The molecular weight excluding hydrogens is 602 g/mol. The number of benzene rings is 2. The maximum Gasteiger partial charge on any atom is 2.00 e. The average molecular weight is 657 g/mol. The fourth-order valence-corrected chi connectivity index (χ4v) is 3.54. The molecule has 8 nitrogen and oxygen atoms in total. The molecule has 0 unspecified atom stereocenters. The van der Waals surface area contributed by atoms with E-state index in [1.807, 2.05) is 55.4 Å². The van der Waals surface area contributed by atoms with E-state index < -0.39 is 0 Å². The van der Waals surface area contributed by atoms with Crippen LogP contribution in [0.15, 0.2) is 58.5 Å². The molecule has 2 aliphatic rings. The first-order chi connectivity index (χ1) is 21.0. The standard InChI is InChI=1S/2C13H19FN3.2C4H8O.Ca/c2*1-9(2)15-13(16-10(3)4)17-12-8-6-5-7-11(12)14;2*1-2-4-5-3-1;/h2*5-10H,1-4H3,(H-,15,16,17);2*1-4H2;/q2*-1;;;+2. The second-order valence-corrected chi connectivity index (χ2v) is 11.5. The Hall–Kier alpha value is -1.98. The van der Waals surface area contributed by atoms with Crippen molar-refractivity contribution in [2.24, 2.45) is 9.98 Å². The summed E-state index contributed by atoms with van der Waals surface area (Å²) in [6.07, 6.45) is 5.11. The van der Waals surface area contributed by atoms with Crippen LogP contribution in [0.5, 0.6) is 0 Å². The Balaban J connectivity index is 0.000000644. The fourth-order valence-electron chi connectivity index (χ4n) is 3.54. The Labute approximate surface area is 300 Å². The van der Waals surface area contributed by atoms with Crippen molar-refractivity contribution in [3.05, 3.63) is 70.8 Å². The maximum atomic E-state index is 13.4. The van der Waals surface area contributed by atoms with Gasteiger partial charge in [-0.25, -0.2) is 8.78 Å². The summed E-state index contributed by atoms with van der Waals surface area (Å²) in [4.78, 5) is 8.65. The van der Waals surface area contributed by atoms with Crippen molar-refractivity contribution >= 4 is 61.0 Å². The molecule has 2 N–H and O–H groups in total. The predicted octanol–water partition coefficient (Wildman–Crippen LogP) is 8.40. The number of nitrogens with one attached hydrogen (secondary N) is 2. The summed E-state index contributed by atoms with van der Waals surface area (Å²) >= 11 is 0. The van der Waals surface area contributed by atoms with Crippen LogP contribution in [0.25, 0.3) is 10.6 Å². The van der Waals surface area contributed by atoms with E-state index in [0.29, 0.717) is 23.3 Å². The molecule has 0 aliphatic carbocycles. The van der Waals surface area contributed by atoms with E-state index in [0.717, 1.165) is 26.4 Å². The zero-order valence-corrected chi connectivity index (χ0v) is 30.9. The average Bonchev–Trinajstić information content (AvgIpc) is 3.70. The minimum absolute atomic E-state index is 0. The summed E-state index contributed by atoms with van der Waals surface area (Å²) in [7, 11) is 0. The monoisotopic (exact) mass is 656 g/mol. The number of rotatable bonds is 6. The first-order valence-electron chi connectivity index (χ1n) is 15.7. The number of hydrogen-bond donors (Lipinski definition) is 2. The molecule has 0 amide bonds. The number of halogens is 2. The molecule has 0 spiro atoms. The molecule has 0 aromatic heterocycles. The molecule has 0 radical (unpaired) electrons. The first kappa shape index (κ1) is 43.0. The Kier molecular flexibility index (Phi) is 25.0. The van der Waals surface area contributed by atoms with Gasteiger partial charge in [0, 0.05) is 49.7 Å². The first-order valence-corrected chi connectivity index (χ1v) is 15.7. The van der Waals surface area contributed by atoms with Gasteiger partial charge in [0.25, 0.3) is 0 Å². The number of para-hydroxylation sites is 2. The number of nitrogens with zero attached hydrogens (tertiary/aromatic N) is 4. The van der Waals surface area contributed by atoms with Crippen LogP contribution < -0.4 is 10.6 Å². The molecule has 45 heavy (non-hydrogen) atoms. The molecule has 2 fully saturated rings. The third kappa shape index (κ3) is 23.1. The van der Waals surface area contributed by atoms with Gasteiger partial charge in [-0.3, -0.25) is 0 Å². The van der Waals surface area contributed by atoms with Crippen LogP contribution in [0.1, 0.15) is 81.1 Å². The molecule has 2 aromatic carbocycles. The van der Waals surface area contributed by atoms with Gasteiger partial charge in [-0.2, -0.15) is 0 Å². The molecular formula is C34H54CaF2N6O2. The summed E-state index contributed by atoms with van der Waals surface area (Å²) in [5, 5.41) is 14.6. The van der Waals surface area contributed by atoms with Crippen LogP contribution in [0.2, 0.25) is 0 Å². The van der Waals surface area contributed by atoms with Crippen molar-refractivity contribution in [2.45, 2.75) is 105 Å². The van der Waals surface area contributed by atoms with Gasteiger partial charge in [-0.15, -0.1) is 0 Å². The van der Waals surface area contributed by atoms with Crippen LogP contribution in [0.3, 0.4) is 0 Å². The third-order valence-electron chi connectivity index (χ3n) is 5.41. The normalized spacial score (nSPS) is 14.4. The summed E-state index contributed by atoms with van der Waals surface area (Å²) in [6, 6.07) is 13.5. The van der Waals surface area contributed by atoms with Crippen molar-refractivity contribution < 1.29 is 18.3 Å². The zero-order valence-electron chi connectivity index (χ0n) is 28.7. The van der Waals surface area contributed by atoms with Crippen LogP contribution in [0.4, 0.5) is 20.2 Å². The van der Waals surface area contributed by atoms with Crippen LogP contribution >= 0.6 is 0 Å². The molecule has 0 atom stereocenters. The summed E-state index contributed by atoms with van der Waals surface area (Å²) in [5.41, 5.74) is 0.611. The third-order valence-corrected chi connectivity index (χ3v) is 5.41. The van der Waals surface area contributed by atoms with Crippen LogP contribution in [-0.2, 0) is 9.47 Å². The Morgan fingerprint density at radius 1 is 0.600 bits per heavy atom. The molecule has 2 heterocycles. The van der Waals surface area contributed by atoms with Crippen molar-refractivity contribution in [1.82, 2.24) is 10.6 Å². The van der Waals surface area contributed by atoms with Gasteiger partial charge < -0.3 is 40.7 Å². The summed E-state index contributed by atoms with van der Waals surface area (Å²) in [6.45, 7) is 19.8. The second kappa shape index (κ2) is 26.1. The molecule has 0 saturated carbocycles. The summed E-state index contributed by atoms with van der Waals surface area (Å²) < 4.78 is 36.8. The predicted molar refractivity (Wildman–Crippen MR) is 186 cm³/mol.